The highest BCUT2D eigenvalue weighted by molar-refractivity contribution is 5.77. The van der Waals surface area contributed by atoms with Gasteiger partial charge in [-0.05, 0) is 19.2 Å². The molecule has 96 valence electrons. The first kappa shape index (κ1) is 12.6. The molecule has 4 heteroatoms. The summed E-state index contributed by atoms with van der Waals surface area (Å²) in [6.07, 6.45) is 0.396. The van der Waals surface area contributed by atoms with Crippen molar-refractivity contribution in [3.05, 3.63) is 36.1 Å². The summed E-state index contributed by atoms with van der Waals surface area (Å²) in [5.74, 6) is 0.718. The SMILES string of the molecule is COC(=O)CCN(C)Cc1cc2ccccc2o1. The number of benzene rings is 1. The highest BCUT2D eigenvalue weighted by atomic mass is 16.5. The molecule has 0 bridgehead atoms. The molecule has 18 heavy (non-hydrogen) atoms. The molecule has 4 nitrogen and oxygen atoms in total. The number of fused-ring (bicyclic) bond motifs is 1. The number of rotatable bonds is 5. The molecule has 0 unspecified atom stereocenters. The molecule has 0 N–H and O–H groups in total. The van der Waals surface area contributed by atoms with Gasteiger partial charge in [0.1, 0.15) is 11.3 Å². The minimum absolute atomic E-state index is 0.188. The molecule has 0 atom stereocenters. The van der Waals surface area contributed by atoms with Crippen molar-refractivity contribution in [2.45, 2.75) is 13.0 Å². The van der Waals surface area contributed by atoms with Gasteiger partial charge < -0.3 is 9.15 Å². The summed E-state index contributed by atoms with van der Waals surface area (Å²) in [6.45, 7) is 1.34. The van der Waals surface area contributed by atoms with E-state index >= 15 is 0 Å². The summed E-state index contributed by atoms with van der Waals surface area (Å²) in [5, 5.41) is 1.11. The molecule has 0 radical (unpaired) electrons. The monoisotopic (exact) mass is 247 g/mol. The van der Waals surface area contributed by atoms with Crippen LogP contribution < -0.4 is 0 Å². The van der Waals surface area contributed by atoms with Crippen LogP contribution in [-0.4, -0.2) is 31.6 Å². The number of hydrogen-bond donors (Lipinski definition) is 0. The normalized spacial score (nSPS) is 11.1. The Morgan fingerprint density at radius 3 is 2.89 bits per heavy atom. The summed E-state index contributed by atoms with van der Waals surface area (Å²) in [4.78, 5) is 13.1. The largest absolute Gasteiger partial charge is 0.469 e. The van der Waals surface area contributed by atoms with E-state index < -0.39 is 0 Å². The summed E-state index contributed by atoms with van der Waals surface area (Å²) >= 11 is 0. The maximum Gasteiger partial charge on any atom is 0.306 e. The van der Waals surface area contributed by atoms with Gasteiger partial charge in [0.25, 0.3) is 0 Å². The predicted molar refractivity (Wildman–Crippen MR) is 69.2 cm³/mol. The molecule has 1 aromatic carbocycles. The fraction of sp³-hybridized carbons (Fsp3) is 0.357. The Kier molecular flexibility index (Phi) is 3.99. The average molecular weight is 247 g/mol. The second-order valence-electron chi connectivity index (χ2n) is 4.31. The molecular weight excluding hydrogens is 230 g/mol. The second kappa shape index (κ2) is 5.69. The van der Waals surface area contributed by atoms with Crippen LogP contribution in [0.1, 0.15) is 12.2 Å². The number of esters is 1. The Labute approximate surface area is 106 Å². The third kappa shape index (κ3) is 3.11. The lowest BCUT2D eigenvalue weighted by Crippen LogP contribution is -2.21. The maximum absolute atomic E-state index is 11.0. The number of carbonyl (C=O) groups is 1. The number of nitrogens with zero attached hydrogens (tertiary/aromatic N) is 1. The van der Waals surface area contributed by atoms with Crippen LogP contribution in [0.5, 0.6) is 0 Å². The van der Waals surface area contributed by atoms with Gasteiger partial charge >= 0.3 is 5.97 Å². The molecule has 1 aromatic heterocycles. The first-order chi connectivity index (χ1) is 8.69. The lowest BCUT2D eigenvalue weighted by atomic mass is 10.2. The van der Waals surface area contributed by atoms with Crippen molar-refractivity contribution in [1.82, 2.24) is 4.90 Å². The first-order valence-corrected chi connectivity index (χ1v) is 5.92. The van der Waals surface area contributed by atoms with Crippen LogP contribution in [0.25, 0.3) is 11.0 Å². The maximum atomic E-state index is 11.0. The van der Waals surface area contributed by atoms with Gasteiger partial charge in [-0.25, -0.2) is 0 Å². The minimum atomic E-state index is -0.188. The molecule has 0 spiro atoms. The predicted octanol–water partition coefficient (Wildman–Crippen LogP) is 2.43. The number of para-hydroxylation sites is 1. The summed E-state index contributed by atoms with van der Waals surface area (Å²) in [5.41, 5.74) is 0.897. The molecule has 0 aliphatic heterocycles. The minimum Gasteiger partial charge on any atom is -0.469 e. The summed E-state index contributed by atoms with van der Waals surface area (Å²) in [6, 6.07) is 9.95. The Hall–Kier alpha value is -1.81. The van der Waals surface area contributed by atoms with Crippen LogP contribution in [0, 0.1) is 0 Å². The van der Waals surface area contributed by atoms with Gasteiger partial charge in [0.05, 0.1) is 20.1 Å². The van der Waals surface area contributed by atoms with Gasteiger partial charge in [-0.2, -0.15) is 0 Å². The van der Waals surface area contributed by atoms with Gasteiger partial charge in [-0.1, -0.05) is 18.2 Å². The molecule has 2 aromatic rings. The molecular formula is C14H17NO3. The second-order valence-corrected chi connectivity index (χ2v) is 4.31. The fourth-order valence-corrected chi connectivity index (χ4v) is 1.84. The lowest BCUT2D eigenvalue weighted by molar-refractivity contribution is -0.140. The fourth-order valence-electron chi connectivity index (χ4n) is 1.84. The van der Waals surface area contributed by atoms with E-state index in [0.717, 1.165) is 16.7 Å². The summed E-state index contributed by atoms with van der Waals surface area (Å²) < 4.78 is 10.3. The van der Waals surface area contributed by atoms with Crippen LogP contribution in [0.2, 0.25) is 0 Å². The highest BCUT2D eigenvalue weighted by Crippen LogP contribution is 2.19. The van der Waals surface area contributed by atoms with Crippen LogP contribution in [-0.2, 0) is 16.1 Å². The highest BCUT2D eigenvalue weighted by Gasteiger charge is 2.08. The topological polar surface area (TPSA) is 42.7 Å². The third-order valence-electron chi connectivity index (χ3n) is 2.83. The van der Waals surface area contributed by atoms with Crippen molar-refractivity contribution in [3.63, 3.8) is 0 Å². The van der Waals surface area contributed by atoms with Crippen molar-refractivity contribution in [2.24, 2.45) is 0 Å². The van der Waals surface area contributed by atoms with Crippen LogP contribution in [0.4, 0.5) is 0 Å². The van der Waals surface area contributed by atoms with E-state index in [9.17, 15) is 4.79 Å². The summed E-state index contributed by atoms with van der Waals surface area (Å²) in [7, 11) is 3.36. The molecule has 0 fully saturated rings. The van der Waals surface area contributed by atoms with Gasteiger partial charge in [0.2, 0.25) is 0 Å². The molecule has 0 saturated heterocycles. The van der Waals surface area contributed by atoms with Gasteiger partial charge in [0, 0.05) is 11.9 Å². The van der Waals surface area contributed by atoms with Crippen LogP contribution in [0.15, 0.2) is 34.7 Å². The average Bonchev–Trinajstić information content (AvgIpc) is 2.77. The smallest absolute Gasteiger partial charge is 0.306 e. The van der Waals surface area contributed by atoms with Gasteiger partial charge in [-0.3, -0.25) is 9.69 Å². The van der Waals surface area contributed by atoms with Crippen molar-refractivity contribution < 1.29 is 13.9 Å². The van der Waals surface area contributed by atoms with E-state index in [1.165, 1.54) is 7.11 Å². The number of carbonyl (C=O) groups excluding carboxylic acids is 1. The zero-order chi connectivity index (χ0) is 13.0. The van der Waals surface area contributed by atoms with Crippen LogP contribution >= 0.6 is 0 Å². The van der Waals surface area contributed by atoms with E-state index in [1.807, 2.05) is 42.3 Å². The molecule has 2 rings (SSSR count). The number of furan rings is 1. The molecule has 0 amide bonds. The van der Waals surface area contributed by atoms with Crippen molar-refractivity contribution >= 4 is 16.9 Å². The quantitative estimate of drug-likeness (QED) is 0.761. The Morgan fingerprint density at radius 1 is 1.39 bits per heavy atom. The number of ether oxygens (including phenoxy) is 1. The van der Waals surface area contributed by atoms with E-state index in [0.29, 0.717) is 19.5 Å². The standard InChI is InChI=1S/C14H17NO3/c1-15(8-7-14(16)17-2)10-12-9-11-5-3-4-6-13(11)18-12/h3-6,9H,7-8,10H2,1-2H3. The lowest BCUT2D eigenvalue weighted by Gasteiger charge is -2.13. The van der Waals surface area contributed by atoms with E-state index in [4.69, 9.17) is 4.42 Å². The number of hydrogen-bond acceptors (Lipinski definition) is 4. The Balaban J connectivity index is 1.94. The van der Waals surface area contributed by atoms with Crippen molar-refractivity contribution in [3.8, 4) is 0 Å². The van der Waals surface area contributed by atoms with E-state index in [1.54, 1.807) is 0 Å². The molecule has 0 aliphatic carbocycles. The van der Waals surface area contributed by atoms with E-state index in [-0.39, 0.29) is 5.97 Å². The first-order valence-electron chi connectivity index (χ1n) is 5.92. The van der Waals surface area contributed by atoms with E-state index in [2.05, 4.69) is 4.74 Å². The zero-order valence-electron chi connectivity index (χ0n) is 10.7. The molecule has 0 aliphatic rings. The Morgan fingerprint density at radius 2 is 2.17 bits per heavy atom. The zero-order valence-corrected chi connectivity index (χ0v) is 10.7. The van der Waals surface area contributed by atoms with Gasteiger partial charge in [0.15, 0.2) is 0 Å². The number of methoxy groups -OCH3 is 1. The van der Waals surface area contributed by atoms with Crippen molar-refractivity contribution in [1.29, 1.82) is 0 Å². The van der Waals surface area contributed by atoms with Gasteiger partial charge in [-0.15, -0.1) is 0 Å². The molecule has 1 heterocycles. The third-order valence-corrected chi connectivity index (χ3v) is 2.83. The van der Waals surface area contributed by atoms with Crippen LogP contribution in [0.3, 0.4) is 0 Å². The Bertz CT molecular complexity index is 500. The molecule has 0 saturated carbocycles. The van der Waals surface area contributed by atoms with Crippen molar-refractivity contribution in [2.75, 3.05) is 20.7 Å².